The lowest BCUT2D eigenvalue weighted by molar-refractivity contribution is 0.271. The molecule has 0 fully saturated rings. The molecule has 0 atom stereocenters. The van der Waals surface area contributed by atoms with E-state index in [1.54, 1.807) is 12.4 Å². The molecule has 0 aliphatic heterocycles. The fourth-order valence-electron chi connectivity index (χ4n) is 1.83. The van der Waals surface area contributed by atoms with Crippen LogP contribution < -0.4 is 0 Å². The third kappa shape index (κ3) is 3.14. The van der Waals surface area contributed by atoms with E-state index in [1.165, 1.54) is 18.4 Å². The quantitative estimate of drug-likeness (QED) is 0.876. The zero-order valence-corrected chi connectivity index (χ0v) is 10.6. The highest BCUT2D eigenvalue weighted by Crippen LogP contribution is 2.18. The van der Waals surface area contributed by atoms with Crippen molar-refractivity contribution in [3.63, 3.8) is 0 Å². The summed E-state index contributed by atoms with van der Waals surface area (Å²) in [5.74, 6) is 0.457. The van der Waals surface area contributed by atoms with Gasteiger partial charge in [-0.3, -0.25) is 0 Å². The van der Waals surface area contributed by atoms with Gasteiger partial charge >= 0.3 is 0 Å². The molecule has 2 rings (SSSR count). The molecule has 0 amide bonds. The number of hydrogen-bond acceptors (Lipinski definition) is 3. The van der Waals surface area contributed by atoms with Gasteiger partial charge in [0.15, 0.2) is 5.82 Å². The lowest BCUT2D eigenvalue weighted by Gasteiger charge is -2.04. The molecule has 0 aliphatic carbocycles. The largest absolute Gasteiger partial charge is 0.388 e. The Kier molecular flexibility index (Phi) is 4.42. The Morgan fingerprint density at radius 3 is 2.22 bits per heavy atom. The Morgan fingerprint density at radius 2 is 1.67 bits per heavy atom. The summed E-state index contributed by atoms with van der Waals surface area (Å²) in [6, 6.07) is 8.51. The summed E-state index contributed by atoms with van der Waals surface area (Å²) < 4.78 is 0. The van der Waals surface area contributed by atoms with E-state index in [2.05, 4.69) is 41.2 Å². The van der Waals surface area contributed by atoms with Crippen LogP contribution in [0.4, 0.5) is 0 Å². The van der Waals surface area contributed by atoms with Gasteiger partial charge in [0.1, 0.15) is 6.61 Å². The summed E-state index contributed by atoms with van der Waals surface area (Å²) in [5, 5.41) is 8.89. The molecule has 3 nitrogen and oxygen atoms in total. The van der Waals surface area contributed by atoms with E-state index in [4.69, 9.17) is 5.11 Å². The van der Waals surface area contributed by atoms with Crippen molar-refractivity contribution in [2.45, 2.75) is 32.8 Å². The van der Waals surface area contributed by atoms with Crippen molar-refractivity contribution in [1.29, 1.82) is 0 Å². The van der Waals surface area contributed by atoms with Crippen LogP contribution in [0.1, 0.15) is 31.2 Å². The van der Waals surface area contributed by atoms with Gasteiger partial charge in [-0.25, -0.2) is 9.97 Å². The highest BCUT2D eigenvalue weighted by atomic mass is 16.3. The summed E-state index contributed by atoms with van der Waals surface area (Å²) in [6.07, 6.45) is 7.09. The number of unbranched alkanes of at least 4 members (excludes halogenated alkanes) is 1. The van der Waals surface area contributed by atoms with E-state index >= 15 is 0 Å². The van der Waals surface area contributed by atoms with Gasteiger partial charge < -0.3 is 5.11 Å². The van der Waals surface area contributed by atoms with Crippen LogP contribution in [-0.4, -0.2) is 15.1 Å². The van der Waals surface area contributed by atoms with Gasteiger partial charge in [-0.05, 0) is 24.0 Å². The molecule has 0 spiro atoms. The second kappa shape index (κ2) is 6.26. The molecule has 0 radical (unpaired) electrons. The van der Waals surface area contributed by atoms with Gasteiger partial charge in [-0.1, -0.05) is 37.6 Å². The fraction of sp³-hybridized carbons (Fsp3) is 0.333. The van der Waals surface area contributed by atoms with E-state index in [0.717, 1.165) is 17.5 Å². The minimum Gasteiger partial charge on any atom is -0.388 e. The number of aryl methyl sites for hydroxylation is 1. The maximum absolute atomic E-state index is 8.89. The first-order valence-corrected chi connectivity index (χ1v) is 6.34. The second-order valence-corrected chi connectivity index (χ2v) is 4.35. The van der Waals surface area contributed by atoms with Crippen LogP contribution in [0.25, 0.3) is 11.1 Å². The zero-order valence-electron chi connectivity index (χ0n) is 10.6. The van der Waals surface area contributed by atoms with Crippen LogP contribution in [0.3, 0.4) is 0 Å². The maximum atomic E-state index is 8.89. The Balaban J connectivity index is 2.12. The summed E-state index contributed by atoms with van der Waals surface area (Å²) in [7, 11) is 0. The molecule has 0 saturated carbocycles. The summed E-state index contributed by atoms with van der Waals surface area (Å²) >= 11 is 0. The van der Waals surface area contributed by atoms with Gasteiger partial charge in [0.25, 0.3) is 0 Å². The van der Waals surface area contributed by atoms with Crippen LogP contribution in [0, 0.1) is 0 Å². The average molecular weight is 242 g/mol. The number of aliphatic hydroxyl groups is 1. The SMILES string of the molecule is CCCCc1ccc(-c2cnc(CO)nc2)cc1. The van der Waals surface area contributed by atoms with E-state index in [9.17, 15) is 0 Å². The summed E-state index contributed by atoms with van der Waals surface area (Å²) in [6.45, 7) is 2.09. The Morgan fingerprint density at radius 1 is 1.00 bits per heavy atom. The average Bonchev–Trinajstić information content (AvgIpc) is 2.46. The molecular weight excluding hydrogens is 224 g/mol. The van der Waals surface area contributed by atoms with Crippen LogP contribution in [-0.2, 0) is 13.0 Å². The van der Waals surface area contributed by atoms with E-state index in [0.29, 0.717) is 5.82 Å². The minimum atomic E-state index is -0.115. The highest BCUT2D eigenvalue weighted by Gasteiger charge is 2.00. The number of aromatic nitrogens is 2. The first-order chi connectivity index (χ1) is 8.83. The van der Waals surface area contributed by atoms with E-state index < -0.39 is 0 Å². The fourth-order valence-corrected chi connectivity index (χ4v) is 1.83. The van der Waals surface area contributed by atoms with Crippen molar-refractivity contribution < 1.29 is 5.11 Å². The standard InChI is InChI=1S/C15H18N2O/c1-2-3-4-12-5-7-13(8-6-12)14-9-16-15(11-18)17-10-14/h5-10,18H,2-4,11H2,1H3. The van der Waals surface area contributed by atoms with E-state index in [-0.39, 0.29) is 6.61 Å². The van der Waals surface area contributed by atoms with Gasteiger partial charge in [-0.2, -0.15) is 0 Å². The van der Waals surface area contributed by atoms with Crippen molar-refractivity contribution in [3.05, 3.63) is 48.0 Å². The third-order valence-electron chi connectivity index (χ3n) is 2.95. The second-order valence-electron chi connectivity index (χ2n) is 4.35. The number of nitrogens with zero attached hydrogens (tertiary/aromatic N) is 2. The minimum absolute atomic E-state index is 0.115. The number of hydrogen-bond donors (Lipinski definition) is 1. The van der Waals surface area contributed by atoms with Crippen molar-refractivity contribution in [1.82, 2.24) is 9.97 Å². The molecule has 1 aromatic carbocycles. The zero-order chi connectivity index (χ0) is 12.8. The Labute approximate surface area is 108 Å². The predicted octanol–water partition coefficient (Wildman–Crippen LogP) is 2.98. The summed E-state index contributed by atoms with van der Waals surface area (Å²) in [4.78, 5) is 8.17. The van der Waals surface area contributed by atoms with Crippen LogP contribution in [0.5, 0.6) is 0 Å². The molecular formula is C15H18N2O. The van der Waals surface area contributed by atoms with Gasteiger partial charge in [0.05, 0.1) is 0 Å². The van der Waals surface area contributed by atoms with E-state index in [1.807, 2.05) is 0 Å². The number of rotatable bonds is 5. The third-order valence-corrected chi connectivity index (χ3v) is 2.95. The first kappa shape index (κ1) is 12.7. The van der Waals surface area contributed by atoms with Gasteiger partial charge in [-0.15, -0.1) is 0 Å². The Bertz CT molecular complexity index is 477. The smallest absolute Gasteiger partial charge is 0.153 e. The molecule has 2 aromatic rings. The van der Waals surface area contributed by atoms with Crippen LogP contribution in [0.2, 0.25) is 0 Å². The van der Waals surface area contributed by atoms with Crippen LogP contribution in [0.15, 0.2) is 36.7 Å². The molecule has 0 bridgehead atoms. The highest BCUT2D eigenvalue weighted by molar-refractivity contribution is 5.61. The summed E-state index contributed by atoms with van der Waals surface area (Å²) in [5.41, 5.74) is 3.46. The van der Waals surface area contributed by atoms with Crippen molar-refractivity contribution in [2.75, 3.05) is 0 Å². The van der Waals surface area contributed by atoms with Crippen molar-refractivity contribution >= 4 is 0 Å². The topological polar surface area (TPSA) is 46.0 Å². The van der Waals surface area contributed by atoms with Gasteiger partial charge in [0.2, 0.25) is 0 Å². The Hall–Kier alpha value is -1.74. The molecule has 3 heteroatoms. The monoisotopic (exact) mass is 242 g/mol. The maximum Gasteiger partial charge on any atom is 0.153 e. The lowest BCUT2D eigenvalue weighted by atomic mass is 10.0. The molecule has 1 N–H and O–H groups in total. The first-order valence-electron chi connectivity index (χ1n) is 6.34. The molecule has 0 saturated heterocycles. The molecule has 1 aromatic heterocycles. The lowest BCUT2D eigenvalue weighted by Crippen LogP contribution is -1.93. The number of benzene rings is 1. The molecule has 1 heterocycles. The van der Waals surface area contributed by atoms with Gasteiger partial charge in [0, 0.05) is 18.0 Å². The van der Waals surface area contributed by atoms with Crippen molar-refractivity contribution in [3.8, 4) is 11.1 Å². The predicted molar refractivity (Wildman–Crippen MR) is 72.0 cm³/mol. The normalized spacial score (nSPS) is 10.6. The van der Waals surface area contributed by atoms with Crippen molar-refractivity contribution in [2.24, 2.45) is 0 Å². The number of aliphatic hydroxyl groups excluding tert-OH is 1. The van der Waals surface area contributed by atoms with Crippen LogP contribution >= 0.6 is 0 Å². The molecule has 0 aliphatic rings. The molecule has 94 valence electrons. The molecule has 0 unspecified atom stereocenters. The molecule has 18 heavy (non-hydrogen) atoms.